The summed E-state index contributed by atoms with van der Waals surface area (Å²) in [5.41, 5.74) is 5.10. The Morgan fingerprint density at radius 1 is 1.00 bits per heavy atom. The molecule has 0 amide bonds. The van der Waals surface area contributed by atoms with Gasteiger partial charge in [-0.2, -0.15) is 0 Å². The highest BCUT2D eigenvalue weighted by molar-refractivity contribution is 5.40. The predicted molar refractivity (Wildman–Crippen MR) is 82.5 cm³/mol. The quantitative estimate of drug-likeness (QED) is 0.880. The van der Waals surface area contributed by atoms with Crippen LogP contribution in [0.4, 0.5) is 8.78 Å². The molecule has 112 valence electrons. The molecule has 2 aromatic carbocycles. The molecule has 0 heterocycles. The van der Waals surface area contributed by atoms with Gasteiger partial charge in [-0.15, -0.1) is 0 Å². The van der Waals surface area contributed by atoms with Crippen LogP contribution in [0.5, 0.6) is 0 Å². The van der Waals surface area contributed by atoms with Gasteiger partial charge in [-0.3, -0.25) is 0 Å². The van der Waals surface area contributed by atoms with E-state index >= 15 is 0 Å². The van der Waals surface area contributed by atoms with Crippen molar-refractivity contribution in [3.8, 4) is 0 Å². The van der Waals surface area contributed by atoms with Crippen LogP contribution in [0.25, 0.3) is 0 Å². The molecule has 0 spiro atoms. The predicted octanol–water partition coefficient (Wildman–Crippen LogP) is 4.39. The molecule has 0 aliphatic heterocycles. The van der Waals surface area contributed by atoms with Crippen molar-refractivity contribution in [2.24, 2.45) is 0 Å². The minimum atomic E-state index is -0.404. The van der Waals surface area contributed by atoms with E-state index in [1.54, 1.807) is 0 Å². The third kappa shape index (κ3) is 3.48. The van der Waals surface area contributed by atoms with Crippen LogP contribution in [0.15, 0.2) is 30.3 Å². The third-order valence-electron chi connectivity index (χ3n) is 3.87. The number of hydrogen-bond donors (Lipinski definition) is 1. The molecule has 2 rings (SSSR count). The lowest BCUT2D eigenvalue weighted by Crippen LogP contribution is -2.21. The maximum atomic E-state index is 13.9. The van der Waals surface area contributed by atoms with Gasteiger partial charge in [-0.25, -0.2) is 8.78 Å². The SMILES string of the molecule is CNC(Cc1cc(F)ccc1F)c1c(C)cc(C)cc1C. The molecule has 0 saturated heterocycles. The highest BCUT2D eigenvalue weighted by atomic mass is 19.1. The van der Waals surface area contributed by atoms with Crippen LogP contribution in [0.3, 0.4) is 0 Å². The number of halogens is 2. The second-order valence-corrected chi connectivity index (χ2v) is 5.59. The Morgan fingerprint density at radius 3 is 2.19 bits per heavy atom. The number of nitrogens with one attached hydrogen (secondary N) is 1. The number of aryl methyl sites for hydroxylation is 3. The fraction of sp³-hybridized carbons (Fsp3) is 0.333. The zero-order valence-electron chi connectivity index (χ0n) is 12.9. The molecule has 0 aromatic heterocycles. The summed E-state index contributed by atoms with van der Waals surface area (Å²) in [7, 11) is 1.85. The third-order valence-corrected chi connectivity index (χ3v) is 3.87. The first-order valence-electron chi connectivity index (χ1n) is 7.11. The smallest absolute Gasteiger partial charge is 0.126 e. The van der Waals surface area contributed by atoms with Crippen molar-refractivity contribution < 1.29 is 8.78 Å². The average molecular weight is 289 g/mol. The highest BCUT2D eigenvalue weighted by Gasteiger charge is 2.17. The van der Waals surface area contributed by atoms with Crippen molar-refractivity contribution in [2.45, 2.75) is 33.2 Å². The summed E-state index contributed by atoms with van der Waals surface area (Å²) in [5, 5.41) is 3.23. The number of benzene rings is 2. The molecule has 0 saturated carbocycles. The van der Waals surface area contributed by atoms with E-state index in [2.05, 4.69) is 38.2 Å². The van der Waals surface area contributed by atoms with Crippen molar-refractivity contribution >= 4 is 0 Å². The highest BCUT2D eigenvalue weighted by Crippen LogP contribution is 2.27. The molecule has 0 aliphatic carbocycles. The van der Waals surface area contributed by atoms with E-state index in [1.807, 2.05) is 7.05 Å². The van der Waals surface area contributed by atoms with Gasteiger partial charge in [0.1, 0.15) is 11.6 Å². The maximum Gasteiger partial charge on any atom is 0.126 e. The van der Waals surface area contributed by atoms with Crippen LogP contribution in [0, 0.1) is 32.4 Å². The molecule has 21 heavy (non-hydrogen) atoms. The van der Waals surface area contributed by atoms with Crippen LogP contribution in [0.2, 0.25) is 0 Å². The normalized spacial score (nSPS) is 12.5. The molecule has 0 bridgehead atoms. The molecule has 2 aromatic rings. The van der Waals surface area contributed by atoms with E-state index in [4.69, 9.17) is 0 Å². The standard InChI is InChI=1S/C18H21F2N/c1-11-7-12(2)18(13(3)8-11)17(21-4)10-14-9-15(19)5-6-16(14)20/h5-9,17,21H,10H2,1-4H3. The molecule has 1 N–H and O–H groups in total. The summed E-state index contributed by atoms with van der Waals surface area (Å²) >= 11 is 0. The summed E-state index contributed by atoms with van der Waals surface area (Å²) in [6.07, 6.45) is 0.421. The molecule has 0 aliphatic rings. The lowest BCUT2D eigenvalue weighted by atomic mass is 9.90. The van der Waals surface area contributed by atoms with Crippen LogP contribution in [-0.2, 0) is 6.42 Å². The van der Waals surface area contributed by atoms with Gasteiger partial charge in [0.25, 0.3) is 0 Å². The van der Waals surface area contributed by atoms with Gasteiger partial charge >= 0.3 is 0 Å². The van der Waals surface area contributed by atoms with E-state index in [1.165, 1.54) is 28.8 Å². The number of hydrogen-bond acceptors (Lipinski definition) is 1. The minimum Gasteiger partial charge on any atom is -0.313 e. The maximum absolute atomic E-state index is 13.9. The summed E-state index contributed by atoms with van der Waals surface area (Å²) in [4.78, 5) is 0. The Morgan fingerprint density at radius 2 is 1.62 bits per heavy atom. The summed E-state index contributed by atoms with van der Waals surface area (Å²) in [5.74, 6) is -0.766. The van der Waals surface area contributed by atoms with Crippen molar-refractivity contribution in [1.29, 1.82) is 0 Å². The zero-order chi connectivity index (χ0) is 15.6. The van der Waals surface area contributed by atoms with Crippen molar-refractivity contribution in [1.82, 2.24) is 5.32 Å². The summed E-state index contributed by atoms with van der Waals surface area (Å²) in [6, 6.07) is 7.81. The first kappa shape index (κ1) is 15.6. The van der Waals surface area contributed by atoms with E-state index in [0.717, 1.165) is 11.6 Å². The largest absolute Gasteiger partial charge is 0.313 e. The molecule has 1 nitrogen and oxygen atoms in total. The molecule has 0 fully saturated rings. The minimum absolute atomic E-state index is 0.0399. The van der Waals surface area contributed by atoms with Crippen LogP contribution in [-0.4, -0.2) is 7.05 Å². The Labute approximate surface area is 125 Å². The monoisotopic (exact) mass is 289 g/mol. The van der Waals surface area contributed by atoms with Gasteiger partial charge in [0.05, 0.1) is 0 Å². The number of likely N-dealkylation sites (N-methyl/N-ethyl adjacent to an activating group) is 1. The van der Waals surface area contributed by atoms with Crippen LogP contribution in [0.1, 0.15) is 33.9 Å². The van der Waals surface area contributed by atoms with E-state index in [9.17, 15) is 8.78 Å². The zero-order valence-corrected chi connectivity index (χ0v) is 12.9. The fourth-order valence-electron chi connectivity index (χ4n) is 3.01. The van der Waals surface area contributed by atoms with Crippen molar-refractivity contribution in [3.05, 3.63) is 69.8 Å². The van der Waals surface area contributed by atoms with Gasteiger partial charge < -0.3 is 5.32 Å². The first-order chi connectivity index (χ1) is 9.92. The fourth-order valence-corrected chi connectivity index (χ4v) is 3.01. The molecule has 0 radical (unpaired) electrons. The summed E-state index contributed by atoms with van der Waals surface area (Å²) in [6.45, 7) is 6.17. The van der Waals surface area contributed by atoms with Crippen LogP contribution < -0.4 is 5.32 Å². The molecular weight excluding hydrogens is 268 g/mol. The van der Waals surface area contributed by atoms with Crippen LogP contribution >= 0.6 is 0 Å². The van der Waals surface area contributed by atoms with E-state index < -0.39 is 5.82 Å². The molecule has 1 unspecified atom stereocenters. The van der Waals surface area contributed by atoms with E-state index in [0.29, 0.717) is 12.0 Å². The Balaban J connectivity index is 2.39. The average Bonchev–Trinajstić information content (AvgIpc) is 2.40. The van der Waals surface area contributed by atoms with Gasteiger partial charge in [-0.1, -0.05) is 17.7 Å². The summed E-state index contributed by atoms with van der Waals surface area (Å²) < 4.78 is 27.2. The Kier molecular flexibility index (Phi) is 4.73. The van der Waals surface area contributed by atoms with Crippen molar-refractivity contribution in [3.63, 3.8) is 0 Å². The number of rotatable bonds is 4. The van der Waals surface area contributed by atoms with Gasteiger partial charge in [0.15, 0.2) is 0 Å². The van der Waals surface area contributed by atoms with E-state index in [-0.39, 0.29) is 11.9 Å². The Bertz CT molecular complexity index is 627. The molecule has 1 atom stereocenters. The molecule has 3 heteroatoms. The first-order valence-corrected chi connectivity index (χ1v) is 7.11. The second kappa shape index (κ2) is 6.35. The van der Waals surface area contributed by atoms with Gasteiger partial charge in [0, 0.05) is 6.04 Å². The lowest BCUT2D eigenvalue weighted by Gasteiger charge is -2.22. The molecular formula is C18H21F2N. The van der Waals surface area contributed by atoms with Gasteiger partial charge in [0.2, 0.25) is 0 Å². The van der Waals surface area contributed by atoms with Gasteiger partial charge in [-0.05, 0) is 74.7 Å². The lowest BCUT2D eigenvalue weighted by molar-refractivity contribution is 0.541. The second-order valence-electron chi connectivity index (χ2n) is 5.59. The topological polar surface area (TPSA) is 12.0 Å². The Hall–Kier alpha value is -1.74. The van der Waals surface area contributed by atoms with Crippen molar-refractivity contribution in [2.75, 3.05) is 7.05 Å².